The van der Waals surface area contributed by atoms with Crippen molar-refractivity contribution >= 4 is 34.9 Å². The van der Waals surface area contributed by atoms with Crippen LogP contribution in [0.2, 0.25) is 10.0 Å². The molecule has 0 aliphatic carbocycles. The molecular formula is C21H22Cl2N2O2. The first-order valence-electron chi connectivity index (χ1n) is 9.24. The Balaban J connectivity index is 1.34. The molecule has 1 N–H and O–H groups in total. The van der Waals surface area contributed by atoms with Gasteiger partial charge < -0.3 is 10.0 Å². The van der Waals surface area contributed by atoms with Crippen molar-refractivity contribution in [3.05, 3.63) is 63.6 Å². The lowest BCUT2D eigenvalue weighted by atomic mass is 9.90. The molecule has 4 nitrogen and oxygen atoms in total. The highest BCUT2D eigenvalue weighted by Gasteiger charge is 2.31. The van der Waals surface area contributed by atoms with E-state index in [2.05, 4.69) is 34.1 Å². The number of hydrogen-bond acceptors (Lipinski definition) is 3. The lowest BCUT2D eigenvalue weighted by Gasteiger charge is -2.42. The molecule has 2 aromatic rings. The monoisotopic (exact) mass is 404 g/mol. The molecule has 0 aromatic heterocycles. The molecule has 0 radical (unpaired) electrons. The predicted octanol–water partition coefficient (Wildman–Crippen LogP) is 4.50. The van der Waals surface area contributed by atoms with Gasteiger partial charge in [-0.2, -0.15) is 0 Å². The first-order valence-corrected chi connectivity index (χ1v) is 10.00. The zero-order valence-electron chi connectivity index (χ0n) is 14.9. The molecule has 27 heavy (non-hydrogen) atoms. The van der Waals surface area contributed by atoms with Crippen molar-refractivity contribution in [3.8, 4) is 0 Å². The number of carboxylic acid groups (broad SMARTS) is 1. The quantitative estimate of drug-likeness (QED) is 0.796. The van der Waals surface area contributed by atoms with Gasteiger partial charge in [0, 0.05) is 47.8 Å². The second-order valence-electron chi connectivity index (χ2n) is 7.46. The molecular weight excluding hydrogens is 383 g/mol. The van der Waals surface area contributed by atoms with Crippen molar-refractivity contribution < 1.29 is 9.90 Å². The number of rotatable bonds is 5. The van der Waals surface area contributed by atoms with E-state index >= 15 is 0 Å². The van der Waals surface area contributed by atoms with Crippen LogP contribution in [0.25, 0.3) is 0 Å². The Hall–Kier alpha value is -1.75. The Morgan fingerprint density at radius 1 is 1.04 bits per heavy atom. The van der Waals surface area contributed by atoms with E-state index in [-0.39, 0.29) is 5.92 Å². The topological polar surface area (TPSA) is 43.8 Å². The maximum absolute atomic E-state index is 11.1. The summed E-state index contributed by atoms with van der Waals surface area (Å²) in [5.74, 6) is -0.541. The summed E-state index contributed by atoms with van der Waals surface area (Å²) in [6.07, 6.45) is 0.743. The summed E-state index contributed by atoms with van der Waals surface area (Å²) in [5, 5.41) is 10.6. The van der Waals surface area contributed by atoms with Crippen LogP contribution < -0.4 is 4.90 Å². The number of likely N-dealkylation sites (tertiary alicyclic amines) is 1. The Morgan fingerprint density at radius 2 is 1.70 bits per heavy atom. The molecule has 2 fully saturated rings. The number of aliphatic carboxylic acids is 1. The number of carboxylic acids is 1. The van der Waals surface area contributed by atoms with Gasteiger partial charge in [-0.1, -0.05) is 41.4 Å². The highest BCUT2D eigenvalue weighted by atomic mass is 35.5. The normalized spacial score (nSPS) is 20.7. The third kappa shape index (κ3) is 3.93. The van der Waals surface area contributed by atoms with Gasteiger partial charge in [-0.25, -0.2) is 0 Å². The summed E-state index contributed by atoms with van der Waals surface area (Å²) in [6.45, 7) is 4.13. The molecule has 2 aliphatic rings. The minimum absolute atomic E-state index is 0.223. The van der Waals surface area contributed by atoms with Crippen LogP contribution in [-0.2, 0) is 11.3 Å². The fraction of sp³-hybridized carbons (Fsp3) is 0.381. The van der Waals surface area contributed by atoms with Crippen LogP contribution in [0.1, 0.15) is 23.5 Å². The molecule has 0 spiro atoms. The SMILES string of the molecule is O=C(O)C1CCN(Cc2ccc(N3CC(c4c(Cl)cccc4Cl)C3)cc2)C1. The average molecular weight is 405 g/mol. The van der Waals surface area contributed by atoms with E-state index in [1.165, 1.54) is 11.3 Å². The maximum atomic E-state index is 11.1. The summed E-state index contributed by atoms with van der Waals surface area (Å²) in [5.41, 5.74) is 3.47. The third-order valence-corrected chi connectivity index (χ3v) is 6.28. The molecule has 1 atom stereocenters. The number of carbonyl (C=O) groups is 1. The van der Waals surface area contributed by atoms with Crippen LogP contribution in [0.4, 0.5) is 5.69 Å². The summed E-state index contributed by atoms with van der Waals surface area (Å²) < 4.78 is 0. The third-order valence-electron chi connectivity index (χ3n) is 5.62. The van der Waals surface area contributed by atoms with Crippen molar-refractivity contribution in [1.29, 1.82) is 0 Å². The average Bonchev–Trinajstić information content (AvgIpc) is 3.06. The molecule has 0 amide bonds. The van der Waals surface area contributed by atoms with Gasteiger partial charge in [-0.3, -0.25) is 9.69 Å². The van der Waals surface area contributed by atoms with Crippen LogP contribution in [-0.4, -0.2) is 42.2 Å². The van der Waals surface area contributed by atoms with E-state index < -0.39 is 5.97 Å². The van der Waals surface area contributed by atoms with Gasteiger partial charge in [-0.05, 0) is 48.4 Å². The van der Waals surface area contributed by atoms with E-state index in [0.29, 0.717) is 12.5 Å². The van der Waals surface area contributed by atoms with E-state index in [9.17, 15) is 4.79 Å². The number of anilines is 1. The number of benzene rings is 2. The molecule has 6 heteroatoms. The molecule has 0 bridgehead atoms. The van der Waals surface area contributed by atoms with Crippen molar-refractivity contribution in [2.24, 2.45) is 5.92 Å². The van der Waals surface area contributed by atoms with E-state index in [1.807, 2.05) is 18.2 Å². The lowest BCUT2D eigenvalue weighted by molar-refractivity contribution is -0.141. The van der Waals surface area contributed by atoms with Gasteiger partial charge >= 0.3 is 5.97 Å². The summed E-state index contributed by atoms with van der Waals surface area (Å²) in [4.78, 5) is 15.6. The standard InChI is InChI=1S/C21H22Cl2N2O2/c22-18-2-1-3-19(23)20(18)16-12-25(13-16)17-6-4-14(5-7-17)10-24-9-8-15(11-24)21(26)27/h1-7,15-16H,8-13H2,(H,26,27). The fourth-order valence-corrected chi connectivity index (χ4v) is 4.73. The fourth-order valence-electron chi connectivity index (χ4n) is 4.02. The number of hydrogen-bond donors (Lipinski definition) is 1. The van der Waals surface area contributed by atoms with Gasteiger partial charge in [0.15, 0.2) is 0 Å². The Labute approximate surface area is 169 Å². The molecule has 142 valence electrons. The molecule has 2 heterocycles. The zero-order chi connectivity index (χ0) is 19.0. The Bertz CT molecular complexity index is 814. The highest BCUT2D eigenvalue weighted by molar-refractivity contribution is 6.36. The second kappa shape index (κ2) is 7.70. The minimum Gasteiger partial charge on any atom is -0.481 e. The van der Waals surface area contributed by atoms with Gasteiger partial charge in [0.05, 0.1) is 5.92 Å². The van der Waals surface area contributed by atoms with Gasteiger partial charge in [0.25, 0.3) is 0 Å². The van der Waals surface area contributed by atoms with Crippen LogP contribution in [0, 0.1) is 5.92 Å². The zero-order valence-corrected chi connectivity index (χ0v) is 16.5. The van der Waals surface area contributed by atoms with Crippen molar-refractivity contribution in [2.45, 2.75) is 18.9 Å². The van der Waals surface area contributed by atoms with Crippen LogP contribution in [0.15, 0.2) is 42.5 Å². The van der Waals surface area contributed by atoms with Crippen LogP contribution in [0.5, 0.6) is 0 Å². The second-order valence-corrected chi connectivity index (χ2v) is 8.28. The smallest absolute Gasteiger partial charge is 0.307 e. The lowest BCUT2D eigenvalue weighted by Crippen LogP contribution is -2.45. The minimum atomic E-state index is -0.682. The molecule has 2 saturated heterocycles. The number of nitrogens with zero attached hydrogens (tertiary/aromatic N) is 2. The van der Waals surface area contributed by atoms with Gasteiger partial charge in [-0.15, -0.1) is 0 Å². The predicted molar refractivity (Wildman–Crippen MR) is 109 cm³/mol. The maximum Gasteiger partial charge on any atom is 0.307 e. The van der Waals surface area contributed by atoms with Crippen LogP contribution >= 0.6 is 23.2 Å². The van der Waals surface area contributed by atoms with E-state index in [0.717, 1.165) is 48.2 Å². The van der Waals surface area contributed by atoms with Gasteiger partial charge in [0.2, 0.25) is 0 Å². The molecule has 0 saturated carbocycles. The summed E-state index contributed by atoms with van der Waals surface area (Å²) in [6, 6.07) is 14.2. The van der Waals surface area contributed by atoms with Gasteiger partial charge in [0.1, 0.15) is 0 Å². The molecule has 2 aliphatic heterocycles. The van der Waals surface area contributed by atoms with Crippen molar-refractivity contribution in [1.82, 2.24) is 4.90 Å². The summed E-state index contributed by atoms with van der Waals surface area (Å²) in [7, 11) is 0. The van der Waals surface area contributed by atoms with E-state index in [4.69, 9.17) is 28.3 Å². The Morgan fingerprint density at radius 3 is 2.30 bits per heavy atom. The summed E-state index contributed by atoms with van der Waals surface area (Å²) >= 11 is 12.6. The molecule has 4 rings (SSSR count). The molecule has 2 aromatic carbocycles. The van der Waals surface area contributed by atoms with Crippen LogP contribution in [0.3, 0.4) is 0 Å². The first-order chi connectivity index (χ1) is 13.0. The number of halogens is 2. The van der Waals surface area contributed by atoms with Crippen molar-refractivity contribution in [2.75, 3.05) is 31.1 Å². The Kier molecular flexibility index (Phi) is 5.31. The largest absolute Gasteiger partial charge is 0.481 e. The van der Waals surface area contributed by atoms with E-state index in [1.54, 1.807) is 0 Å². The first kappa shape index (κ1) is 18.6. The highest BCUT2D eigenvalue weighted by Crippen LogP contribution is 2.38. The molecule has 1 unspecified atom stereocenters. The van der Waals surface area contributed by atoms with Crippen molar-refractivity contribution in [3.63, 3.8) is 0 Å².